The van der Waals surface area contributed by atoms with E-state index in [1.807, 2.05) is 13.8 Å². The first-order valence-electron chi connectivity index (χ1n) is 6.77. The first kappa shape index (κ1) is 16.1. The number of carbonyl (C=O) groups is 1. The minimum absolute atomic E-state index is 0.0138. The van der Waals surface area contributed by atoms with E-state index in [4.69, 9.17) is 4.52 Å². The topological polar surface area (TPSA) is 46.6 Å². The van der Waals surface area contributed by atoms with Gasteiger partial charge in [0, 0.05) is 18.2 Å². The van der Waals surface area contributed by atoms with Crippen molar-refractivity contribution in [3.8, 4) is 0 Å². The minimum atomic E-state index is -3.05. The Kier molecular flexibility index (Phi) is 6.75. The first-order chi connectivity index (χ1) is 8.53. The Labute approximate surface area is 114 Å². The average Bonchev–Trinajstić information content (AvgIpc) is 2.54. The third kappa shape index (κ3) is 4.29. The van der Waals surface area contributed by atoms with E-state index in [-0.39, 0.29) is 11.2 Å². The van der Waals surface area contributed by atoms with E-state index >= 15 is 0 Å². The number of carbonyl (C=O) groups excluding carboxylic acids is 1. The van der Waals surface area contributed by atoms with Gasteiger partial charge in [0.15, 0.2) is 0 Å². The van der Waals surface area contributed by atoms with Crippen molar-refractivity contribution in [2.75, 3.05) is 13.2 Å². The highest BCUT2D eigenvalue weighted by molar-refractivity contribution is 8.56. The quantitative estimate of drug-likeness (QED) is 0.693. The van der Waals surface area contributed by atoms with Gasteiger partial charge in [0.2, 0.25) is 5.91 Å². The predicted molar refractivity (Wildman–Crippen MR) is 76.8 cm³/mol. The van der Waals surface area contributed by atoms with Crippen molar-refractivity contribution in [3.05, 3.63) is 0 Å². The largest absolute Gasteiger partial charge is 0.356 e. The second kappa shape index (κ2) is 7.56. The van der Waals surface area contributed by atoms with Crippen LogP contribution >= 0.6 is 18.1 Å². The van der Waals surface area contributed by atoms with Crippen LogP contribution in [0.5, 0.6) is 0 Å². The maximum Gasteiger partial charge on any atom is 0.356 e. The van der Waals surface area contributed by atoms with Gasteiger partial charge in [-0.15, -0.1) is 0 Å². The molecule has 0 N–H and O–H groups in total. The zero-order chi connectivity index (χ0) is 13.6. The fourth-order valence-electron chi connectivity index (χ4n) is 1.85. The molecule has 0 spiro atoms. The minimum Gasteiger partial charge on any atom is -0.306 e. The summed E-state index contributed by atoms with van der Waals surface area (Å²) in [7, 11) is 0. The van der Waals surface area contributed by atoms with Crippen molar-refractivity contribution in [3.63, 3.8) is 0 Å². The van der Waals surface area contributed by atoms with E-state index in [9.17, 15) is 9.36 Å². The van der Waals surface area contributed by atoms with Crippen LogP contribution < -0.4 is 0 Å². The van der Waals surface area contributed by atoms with Gasteiger partial charge >= 0.3 is 6.72 Å². The van der Waals surface area contributed by atoms with Gasteiger partial charge in [-0.05, 0) is 37.6 Å². The Morgan fingerprint density at radius 3 is 2.72 bits per heavy atom. The summed E-state index contributed by atoms with van der Waals surface area (Å²) < 4.78 is 20.0. The third-order valence-electron chi connectivity index (χ3n) is 3.02. The molecule has 2 unspecified atom stereocenters. The summed E-state index contributed by atoms with van der Waals surface area (Å²) in [4.78, 5) is 12.1. The maximum atomic E-state index is 12.9. The highest BCUT2D eigenvalue weighted by Crippen LogP contribution is 2.64. The SMILES string of the molecule is CCOP(=O)(SC(C)CC)N1CCCCCC1=O. The van der Waals surface area contributed by atoms with Crippen molar-refractivity contribution in [1.29, 1.82) is 0 Å². The molecule has 0 aromatic heterocycles. The molecular formula is C12H24NO3PS. The average molecular weight is 293 g/mol. The molecule has 0 saturated carbocycles. The molecular weight excluding hydrogens is 269 g/mol. The molecule has 2 atom stereocenters. The second-order valence-electron chi connectivity index (χ2n) is 4.54. The monoisotopic (exact) mass is 293 g/mol. The van der Waals surface area contributed by atoms with Crippen LogP contribution in [0.15, 0.2) is 0 Å². The van der Waals surface area contributed by atoms with Crippen LogP contribution in [0.1, 0.15) is 52.9 Å². The zero-order valence-electron chi connectivity index (χ0n) is 11.6. The van der Waals surface area contributed by atoms with Gasteiger partial charge < -0.3 is 4.52 Å². The molecule has 1 aliphatic heterocycles. The van der Waals surface area contributed by atoms with Crippen molar-refractivity contribution >= 4 is 24.0 Å². The highest BCUT2D eigenvalue weighted by Gasteiger charge is 2.37. The molecule has 1 saturated heterocycles. The Morgan fingerprint density at radius 2 is 2.11 bits per heavy atom. The Balaban J connectivity index is 2.86. The lowest BCUT2D eigenvalue weighted by Crippen LogP contribution is -2.27. The fourth-order valence-corrected chi connectivity index (χ4v) is 7.02. The van der Waals surface area contributed by atoms with Crippen LogP contribution in [0.25, 0.3) is 0 Å². The molecule has 0 radical (unpaired) electrons. The molecule has 1 aliphatic rings. The number of hydrogen-bond acceptors (Lipinski definition) is 4. The van der Waals surface area contributed by atoms with Crippen molar-refractivity contribution in [2.24, 2.45) is 0 Å². The second-order valence-corrected chi connectivity index (χ2v) is 9.25. The van der Waals surface area contributed by atoms with Crippen LogP contribution in [-0.2, 0) is 13.9 Å². The molecule has 1 heterocycles. The molecule has 18 heavy (non-hydrogen) atoms. The van der Waals surface area contributed by atoms with Gasteiger partial charge in [-0.2, -0.15) is 0 Å². The van der Waals surface area contributed by atoms with Crippen molar-refractivity contribution < 1.29 is 13.9 Å². The van der Waals surface area contributed by atoms with E-state index < -0.39 is 6.72 Å². The number of hydrogen-bond donors (Lipinski definition) is 0. The molecule has 1 amide bonds. The fraction of sp³-hybridized carbons (Fsp3) is 0.917. The summed E-state index contributed by atoms with van der Waals surface area (Å²) in [5.41, 5.74) is 0. The highest BCUT2D eigenvalue weighted by atomic mass is 32.7. The van der Waals surface area contributed by atoms with Crippen molar-refractivity contribution in [1.82, 2.24) is 4.67 Å². The molecule has 6 heteroatoms. The predicted octanol–water partition coefficient (Wildman–Crippen LogP) is 4.07. The summed E-state index contributed by atoms with van der Waals surface area (Å²) in [6.07, 6.45) is 4.27. The molecule has 4 nitrogen and oxygen atoms in total. The van der Waals surface area contributed by atoms with E-state index in [2.05, 4.69) is 6.92 Å². The van der Waals surface area contributed by atoms with Gasteiger partial charge in [-0.1, -0.05) is 20.3 Å². The smallest absolute Gasteiger partial charge is 0.306 e. The molecule has 106 valence electrons. The lowest BCUT2D eigenvalue weighted by atomic mass is 10.2. The summed E-state index contributed by atoms with van der Waals surface area (Å²) in [5.74, 6) is -0.0138. The Morgan fingerprint density at radius 1 is 1.39 bits per heavy atom. The summed E-state index contributed by atoms with van der Waals surface area (Å²) in [6.45, 7) is 3.80. The van der Waals surface area contributed by atoms with E-state index in [0.717, 1.165) is 25.7 Å². The summed E-state index contributed by atoms with van der Waals surface area (Å²) in [6, 6.07) is 0. The first-order valence-corrected chi connectivity index (χ1v) is 9.83. The van der Waals surface area contributed by atoms with Gasteiger partial charge in [0.1, 0.15) is 0 Å². The van der Waals surface area contributed by atoms with Crippen LogP contribution in [0.4, 0.5) is 0 Å². The normalized spacial score (nSPS) is 22.4. The lowest BCUT2D eigenvalue weighted by molar-refractivity contribution is -0.126. The molecule has 0 aliphatic carbocycles. The summed E-state index contributed by atoms with van der Waals surface area (Å²) >= 11 is 1.33. The van der Waals surface area contributed by atoms with Gasteiger partial charge in [0.25, 0.3) is 0 Å². The van der Waals surface area contributed by atoms with Gasteiger partial charge in [-0.3, -0.25) is 14.0 Å². The zero-order valence-corrected chi connectivity index (χ0v) is 13.3. The summed E-state index contributed by atoms with van der Waals surface area (Å²) in [5, 5.41) is 0.235. The number of amides is 1. The van der Waals surface area contributed by atoms with E-state index in [0.29, 0.717) is 19.6 Å². The van der Waals surface area contributed by atoms with E-state index in [1.54, 1.807) is 0 Å². The van der Waals surface area contributed by atoms with Crippen LogP contribution in [0.2, 0.25) is 0 Å². The van der Waals surface area contributed by atoms with Crippen LogP contribution in [0, 0.1) is 0 Å². The van der Waals surface area contributed by atoms with E-state index in [1.165, 1.54) is 16.1 Å². The van der Waals surface area contributed by atoms with Crippen LogP contribution in [-0.4, -0.2) is 29.0 Å². The third-order valence-corrected chi connectivity index (χ3v) is 8.37. The maximum absolute atomic E-state index is 12.9. The molecule has 1 fully saturated rings. The molecule has 0 bridgehead atoms. The van der Waals surface area contributed by atoms with Crippen molar-refractivity contribution in [2.45, 2.75) is 58.1 Å². The standard InChI is InChI=1S/C12H24NO3PS/c1-4-11(3)18-17(15,16-5-2)13-10-8-6-7-9-12(13)14/h11H,4-10H2,1-3H3. The lowest BCUT2D eigenvalue weighted by Gasteiger charge is -2.30. The van der Waals surface area contributed by atoms with Crippen LogP contribution in [0.3, 0.4) is 0 Å². The Hall–Kier alpha value is 0.0100. The number of rotatable bonds is 6. The Bertz CT molecular complexity index is 324. The number of nitrogens with zero attached hydrogens (tertiary/aromatic N) is 1. The molecule has 0 aromatic rings. The molecule has 1 rings (SSSR count). The molecule has 0 aromatic carbocycles. The van der Waals surface area contributed by atoms with Gasteiger partial charge in [0.05, 0.1) is 6.61 Å². The van der Waals surface area contributed by atoms with Gasteiger partial charge in [-0.25, -0.2) is 0 Å².